The van der Waals surface area contributed by atoms with E-state index < -0.39 is 0 Å². The van der Waals surface area contributed by atoms with Crippen LogP contribution in [0, 0.1) is 5.92 Å². The summed E-state index contributed by atoms with van der Waals surface area (Å²) in [4.78, 5) is 13.6. The minimum absolute atomic E-state index is 0.177. The second-order valence-corrected chi connectivity index (χ2v) is 5.90. The molecule has 0 bridgehead atoms. The highest BCUT2D eigenvalue weighted by Gasteiger charge is 2.18. The van der Waals surface area contributed by atoms with Crippen molar-refractivity contribution in [2.45, 2.75) is 40.2 Å². The summed E-state index contributed by atoms with van der Waals surface area (Å²) in [6, 6.07) is 7.81. The number of hydrogen-bond donors (Lipinski definition) is 2. The Bertz CT molecular complexity index is 647. The largest absolute Gasteiger partial charge is 0.390 e. The number of carbonyl (C=O) groups excluding carboxylic acids is 1. The molecule has 0 saturated heterocycles. The van der Waals surface area contributed by atoms with Crippen molar-refractivity contribution in [3.8, 4) is 5.69 Å². The van der Waals surface area contributed by atoms with Gasteiger partial charge in [-0.3, -0.25) is 4.79 Å². The van der Waals surface area contributed by atoms with Crippen LogP contribution in [0.5, 0.6) is 0 Å². The highest BCUT2D eigenvalue weighted by molar-refractivity contribution is 5.93. The molecule has 0 radical (unpaired) electrons. The maximum absolute atomic E-state index is 12.2. The van der Waals surface area contributed by atoms with Crippen molar-refractivity contribution in [1.29, 1.82) is 0 Å². The fourth-order valence-electron chi connectivity index (χ4n) is 2.16. The van der Waals surface area contributed by atoms with E-state index in [1.54, 1.807) is 0 Å². The summed E-state index contributed by atoms with van der Waals surface area (Å²) in [5.74, 6) is 0.214. The minimum atomic E-state index is -0.319. The molecule has 2 aromatic rings. The number of aliphatic hydroxyl groups is 1. The number of aryl methyl sites for hydroxylation is 1. The predicted molar refractivity (Wildman–Crippen MR) is 88.4 cm³/mol. The molecule has 0 aliphatic carbocycles. The van der Waals surface area contributed by atoms with Gasteiger partial charge in [0.2, 0.25) is 0 Å². The van der Waals surface area contributed by atoms with Gasteiger partial charge in [-0.25, -0.2) is 0 Å². The number of amides is 1. The lowest BCUT2D eigenvalue weighted by molar-refractivity contribution is 0.0943. The monoisotopic (exact) mass is 316 g/mol. The Kier molecular flexibility index (Phi) is 5.87. The van der Waals surface area contributed by atoms with E-state index in [1.165, 1.54) is 10.4 Å². The first-order chi connectivity index (χ1) is 11.0. The summed E-state index contributed by atoms with van der Waals surface area (Å²) in [6.45, 7) is 6.55. The highest BCUT2D eigenvalue weighted by Crippen LogP contribution is 2.11. The molecule has 23 heavy (non-hydrogen) atoms. The van der Waals surface area contributed by atoms with Crippen molar-refractivity contribution in [1.82, 2.24) is 20.3 Å². The zero-order valence-corrected chi connectivity index (χ0v) is 13.9. The summed E-state index contributed by atoms with van der Waals surface area (Å²) < 4.78 is 0. The van der Waals surface area contributed by atoms with Crippen LogP contribution in [0.15, 0.2) is 24.3 Å². The van der Waals surface area contributed by atoms with Gasteiger partial charge in [-0.2, -0.15) is 4.80 Å². The minimum Gasteiger partial charge on any atom is -0.390 e. The van der Waals surface area contributed by atoms with E-state index in [2.05, 4.69) is 36.3 Å². The van der Waals surface area contributed by atoms with Crippen LogP contribution in [0.1, 0.15) is 48.9 Å². The molecule has 0 aliphatic rings. The Morgan fingerprint density at radius 3 is 2.52 bits per heavy atom. The van der Waals surface area contributed by atoms with Crippen molar-refractivity contribution in [2.75, 3.05) is 6.54 Å². The molecule has 1 heterocycles. The molecule has 0 atom stereocenters. The van der Waals surface area contributed by atoms with Crippen LogP contribution in [0.2, 0.25) is 0 Å². The second kappa shape index (κ2) is 7.87. The zero-order chi connectivity index (χ0) is 16.8. The Hall–Kier alpha value is -2.21. The van der Waals surface area contributed by atoms with E-state index in [9.17, 15) is 9.90 Å². The summed E-state index contributed by atoms with van der Waals surface area (Å²) in [5.41, 5.74) is 2.44. The number of rotatable bonds is 7. The first-order valence-electron chi connectivity index (χ1n) is 7.99. The van der Waals surface area contributed by atoms with E-state index in [0.29, 0.717) is 12.5 Å². The van der Waals surface area contributed by atoms with E-state index in [4.69, 9.17) is 0 Å². The number of nitrogens with one attached hydrogen (secondary N) is 1. The maximum atomic E-state index is 12.2. The number of benzene rings is 1. The van der Waals surface area contributed by atoms with Crippen molar-refractivity contribution < 1.29 is 9.90 Å². The van der Waals surface area contributed by atoms with Gasteiger partial charge in [-0.05, 0) is 36.5 Å². The van der Waals surface area contributed by atoms with Gasteiger partial charge in [-0.15, -0.1) is 10.2 Å². The number of carbonyl (C=O) groups is 1. The molecule has 1 amide bonds. The molecule has 1 aromatic heterocycles. The molecule has 0 unspecified atom stereocenters. The van der Waals surface area contributed by atoms with Crippen LogP contribution in [0.25, 0.3) is 5.69 Å². The molecule has 0 aliphatic heterocycles. The normalized spacial score (nSPS) is 11.0. The number of aromatic nitrogens is 3. The van der Waals surface area contributed by atoms with Crippen molar-refractivity contribution in [3.63, 3.8) is 0 Å². The smallest absolute Gasteiger partial charge is 0.273 e. The lowest BCUT2D eigenvalue weighted by Crippen LogP contribution is -2.26. The average molecular weight is 316 g/mol. The highest BCUT2D eigenvalue weighted by atomic mass is 16.3. The summed E-state index contributed by atoms with van der Waals surface area (Å²) in [5, 5.41) is 20.7. The Labute approximate surface area is 136 Å². The molecular formula is C17H24N4O2. The third-order valence-electron chi connectivity index (χ3n) is 3.63. The summed E-state index contributed by atoms with van der Waals surface area (Å²) in [7, 11) is 0. The molecule has 6 nitrogen and oxygen atoms in total. The summed E-state index contributed by atoms with van der Waals surface area (Å²) in [6.07, 6.45) is 1.85. The topological polar surface area (TPSA) is 80.0 Å². The first-order valence-corrected chi connectivity index (χ1v) is 7.99. The third-order valence-corrected chi connectivity index (χ3v) is 3.63. The lowest BCUT2D eigenvalue weighted by atomic mass is 10.1. The molecule has 2 rings (SSSR count). The van der Waals surface area contributed by atoms with Crippen LogP contribution < -0.4 is 5.32 Å². The zero-order valence-electron chi connectivity index (χ0n) is 13.9. The van der Waals surface area contributed by atoms with Gasteiger partial charge in [-0.1, -0.05) is 32.9 Å². The maximum Gasteiger partial charge on any atom is 0.273 e. The van der Waals surface area contributed by atoms with E-state index in [-0.39, 0.29) is 23.9 Å². The molecule has 0 fully saturated rings. The second-order valence-electron chi connectivity index (χ2n) is 5.90. The fourth-order valence-corrected chi connectivity index (χ4v) is 2.16. The number of nitrogens with zero attached hydrogens (tertiary/aromatic N) is 3. The van der Waals surface area contributed by atoms with Gasteiger partial charge >= 0.3 is 0 Å². The molecule has 0 saturated carbocycles. The van der Waals surface area contributed by atoms with E-state index in [1.807, 2.05) is 24.3 Å². The van der Waals surface area contributed by atoms with Gasteiger partial charge in [0.05, 0.1) is 12.3 Å². The SMILES string of the molecule is CCc1ccc(-n2nc(CO)c(C(=O)NCCC(C)C)n2)cc1. The Morgan fingerprint density at radius 2 is 1.96 bits per heavy atom. The van der Waals surface area contributed by atoms with Crippen LogP contribution in [0.3, 0.4) is 0 Å². The standard InChI is InChI=1S/C17H24N4O2/c1-4-13-5-7-14(8-6-13)21-19-15(11-22)16(20-21)17(23)18-10-9-12(2)3/h5-8,12,22H,4,9-11H2,1-3H3,(H,18,23). The van der Waals surface area contributed by atoms with Gasteiger partial charge < -0.3 is 10.4 Å². The average Bonchev–Trinajstić information content (AvgIpc) is 2.99. The summed E-state index contributed by atoms with van der Waals surface area (Å²) >= 11 is 0. The lowest BCUT2D eigenvalue weighted by Gasteiger charge is -2.05. The van der Waals surface area contributed by atoms with Crippen LogP contribution >= 0.6 is 0 Å². The van der Waals surface area contributed by atoms with Crippen LogP contribution in [-0.2, 0) is 13.0 Å². The Balaban J connectivity index is 2.17. The van der Waals surface area contributed by atoms with E-state index >= 15 is 0 Å². The quantitative estimate of drug-likeness (QED) is 0.820. The number of hydrogen-bond acceptors (Lipinski definition) is 4. The molecular weight excluding hydrogens is 292 g/mol. The number of aliphatic hydroxyl groups excluding tert-OH is 1. The predicted octanol–water partition coefficient (Wildman–Crippen LogP) is 2.10. The Morgan fingerprint density at radius 1 is 1.26 bits per heavy atom. The molecule has 6 heteroatoms. The van der Waals surface area contributed by atoms with Gasteiger partial charge in [0, 0.05) is 6.54 Å². The van der Waals surface area contributed by atoms with Crippen LogP contribution in [-0.4, -0.2) is 32.6 Å². The molecule has 2 N–H and O–H groups in total. The molecule has 1 aromatic carbocycles. The van der Waals surface area contributed by atoms with Crippen LogP contribution in [0.4, 0.5) is 0 Å². The molecule has 0 spiro atoms. The van der Waals surface area contributed by atoms with Crippen molar-refractivity contribution >= 4 is 5.91 Å². The first kappa shape index (κ1) is 17.1. The third kappa shape index (κ3) is 4.39. The van der Waals surface area contributed by atoms with Gasteiger partial charge in [0.1, 0.15) is 5.69 Å². The van der Waals surface area contributed by atoms with Crippen molar-refractivity contribution in [3.05, 3.63) is 41.2 Å². The van der Waals surface area contributed by atoms with Gasteiger partial charge in [0.25, 0.3) is 5.91 Å². The van der Waals surface area contributed by atoms with E-state index in [0.717, 1.165) is 18.5 Å². The molecule has 124 valence electrons. The van der Waals surface area contributed by atoms with Crippen molar-refractivity contribution in [2.24, 2.45) is 5.92 Å². The van der Waals surface area contributed by atoms with Gasteiger partial charge in [0.15, 0.2) is 5.69 Å². The fraction of sp³-hybridized carbons (Fsp3) is 0.471.